The van der Waals surface area contributed by atoms with Crippen molar-refractivity contribution in [2.24, 2.45) is 0 Å². The van der Waals surface area contributed by atoms with Gasteiger partial charge < -0.3 is 16.0 Å². The van der Waals surface area contributed by atoms with E-state index in [4.69, 9.17) is 11.6 Å². The van der Waals surface area contributed by atoms with Crippen LogP contribution < -0.4 is 16.0 Å². The van der Waals surface area contributed by atoms with Gasteiger partial charge in [0.1, 0.15) is 6.04 Å². The molecule has 0 aliphatic carbocycles. The Kier molecular flexibility index (Phi) is 7.02. The van der Waals surface area contributed by atoms with E-state index in [1.54, 1.807) is 36.0 Å². The maximum absolute atomic E-state index is 12.6. The van der Waals surface area contributed by atoms with Gasteiger partial charge in [0.15, 0.2) is 0 Å². The van der Waals surface area contributed by atoms with E-state index in [1.807, 2.05) is 30.3 Å². The Hall–Kier alpha value is -2.96. The van der Waals surface area contributed by atoms with Crippen molar-refractivity contribution in [1.29, 1.82) is 0 Å². The van der Waals surface area contributed by atoms with E-state index in [2.05, 4.69) is 35.0 Å². The van der Waals surface area contributed by atoms with Crippen LogP contribution in [0.1, 0.15) is 27.0 Å². The molecule has 2 amide bonds. The number of anilines is 2. The highest BCUT2D eigenvalue weighted by atomic mass is 35.5. The molecule has 164 valence electrons. The largest absolute Gasteiger partial charge is 0.371 e. The monoisotopic (exact) mass is 465 g/mol. The minimum Gasteiger partial charge on any atom is -0.371 e. The Bertz CT molecular complexity index is 1130. The average molecular weight is 466 g/mol. The second kappa shape index (κ2) is 10.1. The van der Waals surface area contributed by atoms with Gasteiger partial charge >= 0.3 is 0 Å². The van der Waals surface area contributed by atoms with Gasteiger partial charge in [-0.05, 0) is 53.9 Å². The minimum atomic E-state index is -0.318. The molecule has 32 heavy (non-hydrogen) atoms. The van der Waals surface area contributed by atoms with E-state index < -0.39 is 0 Å². The van der Waals surface area contributed by atoms with E-state index >= 15 is 0 Å². The quantitative estimate of drug-likeness (QED) is 0.446. The third-order valence-electron chi connectivity index (χ3n) is 5.36. The molecule has 3 aromatic rings. The van der Waals surface area contributed by atoms with Crippen LogP contribution in [0.15, 0.2) is 66.7 Å². The molecule has 1 atom stereocenters. The molecule has 7 heteroatoms. The first-order chi connectivity index (χ1) is 15.5. The lowest BCUT2D eigenvalue weighted by atomic mass is 10.1. The standard InChI is InChI=1S/C25H24ClN3O2S/c1-16-4-2-3-5-19(16)14-32-15-23-25(31)29-22-12-18(8-11-21(22)28-23)24(30)27-13-17-6-9-20(26)10-7-17/h2-12,23,28H,13-15H2,1H3,(H,27,30)(H,29,31)/t23-/m1/s1. The molecule has 0 saturated heterocycles. The zero-order chi connectivity index (χ0) is 22.5. The number of rotatable bonds is 7. The molecule has 4 rings (SSSR count). The van der Waals surface area contributed by atoms with Crippen molar-refractivity contribution in [3.63, 3.8) is 0 Å². The topological polar surface area (TPSA) is 70.2 Å². The molecule has 0 spiro atoms. The van der Waals surface area contributed by atoms with Gasteiger partial charge in [-0.2, -0.15) is 11.8 Å². The highest BCUT2D eigenvalue weighted by Crippen LogP contribution is 2.29. The number of amides is 2. The van der Waals surface area contributed by atoms with Crippen LogP contribution in [-0.2, 0) is 17.1 Å². The molecule has 0 fully saturated rings. The van der Waals surface area contributed by atoms with E-state index in [9.17, 15) is 9.59 Å². The van der Waals surface area contributed by atoms with Crippen LogP contribution >= 0.6 is 23.4 Å². The molecular weight excluding hydrogens is 442 g/mol. The highest BCUT2D eigenvalue weighted by Gasteiger charge is 2.26. The number of carbonyl (C=O) groups excluding carboxylic acids is 2. The first kappa shape index (κ1) is 22.2. The van der Waals surface area contributed by atoms with Gasteiger partial charge in [-0.1, -0.05) is 48.0 Å². The predicted molar refractivity (Wildman–Crippen MR) is 132 cm³/mol. The Labute approximate surface area is 196 Å². The second-order valence-corrected chi connectivity index (χ2v) is 9.16. The lowest BCUT2D eigenvalue weighted by Crippen LogP contribution is -2.40. The molecule has 3 aromatic carbocycles. The summed E-state index contributed by atoms with van der Waals surface area (Å²) in [5, 5.41) is 9.78. The van der Waals surface area contributed by atoms with Crippen LogP contribution in [0.3, 0.4) is 0 Å². The lowest BCUT2D eigenvalue weighted by Gasteiger charge is -2.27. The third-order valence-corrected chi connectivity index (χ3v) is 6.69. The Morgan fingerprint density at radius 1 is 1.06 bits per heavy atom. The SMILES string of the molecule is Cc1ccccc1CSC[C@H]1Nc2ccc(C(=O)NCc3ccc(Cl)cc3)cc2NC1=O. The van der Waals surface area contributed by atoms with Gasteiger partial charge in [0, 0.05) is 28.6 Å². The van der Waals surface area contributed by atoms with Crippen LogP contribution in [0, 0.1) is 6.92 Å². The smallest absolute Gasteiger partial charge is 0.251 e. The summed E-state index contributed by atoms with van der Waals surface area (Å²) in [7, 11) is 0. The van der Waals surface area contributed by atoms with Crippen molar-refractivity contribution >= 4 is 46.6 Å². The number of benzene rings is 3. The predicted octanol–water partition coefficient (Wildman–Crippen LogP) is 5.24. The molecule has 0 radical (unpaired) electrons. The summed E-state index contributed by atoms with van der Waals surface area (Å²) in [6.45, 7) is 2.50. The fourth-order valence-electron chi connectivity index (χ4n) is 3.45. The molecular formula is C25H24ClN3O2S. The van der Waals surface area contributed by atoms with Crippen LogP contribution in [0.5, 0.6) is 0 Å². The molecule has 1 aliphatic heterocycles. The van der Waals surface area contributed by atoms with Gasteiger partial charge in [0.2, 0.25) is 5.91 Å². The number of carbonyl (C=O) groups is 2. The average Bonchev–Trinajstić information content (AvgIpc) is 2.79. The van der Waals surface area contributed by atoms with E-state index in [0.717, 1.165) is 17.0 Å². The highest BCUT2D eigenvalue weighted by molar-refractivity contribution is 7.98. The van der Waals surface area contributed by atoms with Crippen LogP contribution in [-0.4, -0.2) is 23.6 Å². The number of halogens is 1. The fourth-order valence-corrected chi connectivity index (χ4v) is 4.71. The number of hydrogen-bond acceptors (Lipinski definition) is 4. The maximum atomic E-state index is 12.6. The zero-order valence-corrected chi connectivity index (χ0v) is 19.2. The number of aryl methyl sites for hydroxylation is 1. The molecule has 0 bridgehead atoms. The molecule has 1 aliphatic rings. The molecule has 1 heterocycles. The second-order valence-electron chi connectivity index (χ2n) is 7.70. The Morgan fingerprint density at radius 3 is 2.62 bits per heavy atom. The summed E-state index contributed by atoms with van der Waals surface area (Å²) >= 11 is 7.62. The number of hydrogen-bond donors (Lipinski definition) is 3. The van der Waals surface area contributed by atoms with Gasteiger partial charge in [0.05, 0.1) is 11.4 Å². The van der Waals surface area contributed by atoms with Crippen molar-refractivity contribution in [3.8, 4) is 0 Å². The van der Waals surface area contributed by atoms with Crippen LogP contribution in [0.4, 0.5) is 11.4 Å². The normalized spacial score (nSPS) is 14.8. The van der Waals surface area contributed by atoms with Gasteiger partial charge in [-0.25, -0.2) is 0 Å². The van der Waals surface area contributed by atoms with Crippen molar-refractivity contribution in [3.05, 3.63) is 94.0 Å². The summed E-state index contributed by atoms with van der Waals surface area (Å²) in [6.07, 6.45) is 0. The number of thioether (sulfide) groups is 1. The molecule has 5 nitrogen and oxygen atoms in total. The molecule has 0 saturated carbocycles. The van der Waals surface area contributed by atoms with Crippen molar-refractivity contribution in [2.45, 2.75) is 25.3 Å². The fraction of sp³-hybridized carbons (Fsp3) is 0.200. The van der Waals surface area contributed by atoms with Crippen molar-refractivity contribution in [2.75, 3.05) is 16.4 Å². The van der Waals surface area contributed by atoms with Crippen molar-refractivity contribution in [1.82, 2.24) is 5.32 Å². The number of nitrogens with one attached hydrogen (secondary N) is 3. The van der Waals surface area contributed by atoms with Crippen LogP contribution in [0.2, 0.25) is 5.02 Å². The minimum absolute atomic E-state index is 0.0893. The molecule has 3 N–H and O–H groups in total. The Balaban J connectivity index is 1.34. The van der Waals surface area contributed by atoms with Gasteiger partial charge in [-0.3, -0.25) is 9.59 Å². The first-order valence-electron chi connectivity index (χ1n) is 10.4. The van der Waals surface area contributed by atoms with E-state index in [-0.39, 0.29) is 17.9 Å². The summed E-state index contributed by atoms with van der Waals surface area (Å²) < 4.78 is 0. The molecule has 0 aromatic heterocycles. The van der Waals surface area contributed by atoms with Crippen molar-refractivity contribution < 1.29 is 9.59 Å². The maximum Gasteiger partial charge on any atom is 0.251 e. The van der Waals surface area contributed by atoms with Crippen LogP contribution in [0.25, 0.3) is 0 Å². The lowest BCUT2D eigenvalue weighted by molar-refractivity contribution is -0.116. The van der Waals surface area contributed by atoms with E-state index in [0.29, 0.717) is 28.6 Å². The zero-order valence-electron chi connectivity index (χ0n) is 17.7. The van der Waals surface area contributed by atoms with E-state index in [1.165, 1.54) is 11.1 Å². The molecule has 0 unspecified atom stereocenters. The Morgan fingerprint density at radius 2 is 1.84 bits per heavy atom. The summed E-state index contributed by atoms with van der Waals surface area (Å²) in [5.74, 6) is 1.22. The first-order valence-corrected chi connectivity index (χ1v) is 11.9. The summed E-state index contributed by atoms with van der Waals surface area (Å²) in [6, 6.07) is 20.6. The summed E-state index contributed by atoms with van der Waals surface area (Å²) in [5.41, 5.74) is 5.43. The van der Waals surface area contributed by atoms with Gasteiger partial charge in [-0.15, -0.1) is 0 Å². The van der Waals surface area contributed by atoms with Gasteiger partial charge in [0.25, 0.3) is 5.91 Å². The number of fused-ring (bicyclic) bond motifs is 1. The third kappa shape index (κ3) is 5.44. The summed E-state index contributed by atoms with van der Waals surface area (Å²) in [4.78, 5) is 25.1.